The number of benzene rings is 1. The van der Waals surface area contributed by atoms with Gasteiger partial charge in [0.25, 0.3) is 0 Å². The number of nitrogens with one attached hydrogen (secondary N) is 1. The molecule has 24 heavy (non-hydrogen) atoms. The van der Waals surface area contributed by atoms with Gasteiger partial charge in [-0.2, -0.15) is 0 Å². The molecule has 1 amide bonds. The molecule has 128 valence electrons. The number of allylic oxidation sites excluding steroid dienone is 2. The Kier molecular flexibility index (Phi) is 3.90. The summed E-state index contributed by atoms with van der Waals surface area (Å²) >= 11 is 0. The van der Waals surface area contributed by atoms with Gasteiger partial charge in [-0.05, 0) is 38.2 Å². The van der Waals surface area contributed by atoms with Crippen molar-refractivity contribution in [2.75, 3.05) is 12.1 Å². The largest absolute Gasteiger partial charge is 0.454 e. The predicted molar refractivity (Wildman–Crippen MR) is 91.4 cm³/mol. The lowest BCUT2D eigenvalue weighted by Gasteiger charge is -2.11. The summed E-state index contributed by atoms with van der Waals surface area (Å²) in [7, 11) is 0. The van der Waals surface area contributed by atoms with Crippen LogP contribution in [-0.2, 0) is 4.79 Å². The van der Waals surface area contributed by atoms with Gasteiger partial charge in [0, 0.05) is 11.6 Å². The van der Waals surface area contributed by atoms with Gasteiger partial charge in [0.15, 0.2) is 17.3 Å². The molecule has 0 radical (unpaired) electrons. The van der Waals surface area contributed by atoms with Crippen LogP contribution in [0.5, 0.6) is 11.5 Å². The molecule has 1 saturated carbocycles. The highest BCUT2D eigenvalue weighted by Crippen LogP contribution is 2.59. The molecule has 3 rings (SSSR count). The molecule has 0 saturated heterocycles. The van der Waals surface area contributed by atoms with Crippen molar-refractivity contribution in [1.29, 1.82) is 0 Å². The lowest BCUT2D eigenvalue weighted by molar-refractivity contribution is -0.118. The number of rotatable bonds is 4. The van der Waals surface area contributed by atoms with E-state index >= 15 is 0 Å². The van der Waals surface area contributed by atoms with Crippen molar-refractivity contribution >= 4 is 17.4 Å². The summed E-state index contributed by atoms with van der Waals surface area (Å²) in [6, 6.07) is 3.30. The number of carbonyl (C=O) groups excluding carboxylic acids is 2. The second kappa shape index (κ2) is 5.65. The van der Waals surface area contributed by atoms with E-state index in [1.54, 1.807) is 12.1 Å². The smallest absolute Gasteiger partial charge is 0.231 e. The summed E-state index contributed by atoms with van der Waals surface area (Å²) in [5, 5.41) is 2.92. The molecule has 1 heterocycles. The molecule has 1 aliphatic heterocycles. The van der Waals surface area contributed by atoms with Crippen molar-refractivity contribution in [3.63, 3.8) is 0 Å². The number of ketones is 1. The van der Waals surface area contributed by atoms with E-state index in [1.165, 1.54) is 12.5 Å². The van der Waals surface area contributed by atoms with E-state index in [1.807, 2.05) is 13.8 Å². The summed E-state index contributed by atoms with van der Waals surface area (Å²) < 4.78 is 10.7. The number of ether oxygens (including phenoxy) is 2. The zero-order valence-electron chi connectivity index (χ0n) is 14.7. The molecule has 1 N–H and O–H groups in total. The van der Waals surface area contributed by atoms with Gasteiger partial charge in [0.05, 0.1) is 11.6 Å². The third kappa shape index (κ3) is 2.79. The maximum absolute atomic E-state index is 12.7. The van der Waals surface area contributed by atoms with Gasteiger partial charge < -0.3 is 14.8 Å². The van der Waals surface area contributed by atoms with Crippen LogP contribution in [0, 0.1) is 17.3 Å². The number of carbonyl (C=O) groups is 2. The van der Waals surface area contributed by atoms with E-state index in [9.17, 15) is 9.59 Å². The highest BCUT2D eigenvalue weighted by molar-refractivity contribution is 6.05. The molecule has 2 atom stereocenters. The van der Waals surface area contributed by atoms with Gasteiger partial charge >= 0.3 is 0 Å². The first-order valence-electron chi connectivity index (χ1n) is 8.12. The number of Topliss-reactive ketones (excluding diaryl/α,β-unsaturated/α-hetero) is 1. The van der Waals surface area contributed by atoms with Crippen molar-refractivity contribution < 1.29 is 19.1 Å². The van der Waals surface area contributed by atoms with E-state index in [-0.39, 0.29) is 35.7 Å². The quantitative estimate of drug-likeness (QED) is 0.674. The monoisotopic (exact) mass is 329 g/mol. The predicted octanol–water partition coefficient (Wildman–Crippen LogP) is 3.79. The van der Waals surface area contributed by atoms with Crippen LogP contribution in [0.2, 0.25) is 0 Å². The summed E-state index contributed by atoms with van der Waals surface area (Å²) in [5.74, 6) is 1.01. The minimum atomic E-state index is -0.125. The number of hydrogen-bond acceptors (Lipinski definition) is 4. The Morgan fingerprint density at radius 3 is 2.38 bits per heavy atom. The molecule has 2 aliphatic rings. The number of amides is 1. The maximum Gasteiger partial charge on any atom is 0.231 e. The molecule has 5 nitrogen and oxygen atoms in total. The number of hydrogen-bond donors (Lipinski definition) is 1. The molecule has 0 aromatic heterocycles. The Morgan fingerprint density at radius 1 is 1.17 bits per heavy atom. The molecular weight excluding hydrogens is 306 g/mol. The Bertz CT molecular complexity index is 744. The molecule has 1 aliphatic carbocycles. The van der Waals surface area contributed by atoms with Crippen molar-refractivity contribution in [1.82, 2.24) is 0 Å². The van der Waals surface area contributed by atoms with Crippen molar-refractivity contribution in [2.24, 2.45) is 17.3 Å². The van der Waals surface area contributed by atoms with Gasteiger partial charge in [-0.3, -0.25) is 9.59 Å². The average Bonchev–Trinajstić information content (AvgIpc) is 2.83. The first-order chi connectivity index (χ1) is 11.2. The highest BCUT2D eigenvalue weighted by Gasteiger charge is 2.60. The SMILES string of the molecule is CC(=O)c1cc2c(cc1NC(=O)C1C(C=C(C)C)C1(C)C)OCO2. The van der Waals surface area contributed by atoms with Gasteiger partial charge in [-0.25, -0.2) is 0 Å². The summed E-state index contributed by atoms with van der Waals surface area (Å²) in [6.07, 6.45) is 2.15. The molecule has 1 fully saturated rings. The highest BCUT2D eigenvalue weighted by atomic mass is 16.7. The minimum absolute atomic E-state index is 0.0659. The fourth-order valence-electron chi connectivity index (χ4n) is 3.40. The van der Waals surface area contributed by atoms with E-state index in [4.69, 9.17) is 9.47 Å². The van der Waals surface area contributed by atoms with Gasteiger partial charge in [-0.1, -0.05) is 25.5 Å². The lowest BCUT2D eigenvalue weighted by atomic mass is 10.1. The van der Waals surface area contributed by atoms with Crippen LogP contribution < -0.4 is 14.8 Å². The first-order valence-corrected chi connectivity index (χ1v) is 8.12. The van der Waals surface area contributed by atoms with Crippen LogP contribution in [0.15, 0.2) is 23.8 Å². The van der Waals surface area contributed by atoms with E-state index in [0.29, 0.717) is 22.7 Å². The summed E-state index contributed by atoms with van der Waals surface area (Å²) in [4.78, 5) is 24.6. The Balaban J connectivity index is 1.85. The normalized spacial score (nSPS) is 22.7. The van der Waals surface area contributed by atoms with E-state index in [0.717, 1.165) is 0 Å². The van der Waals surface area contributed by atoms with Gasteiger partial charge in [0.1, 0.15) is 0 Å². The van der Waals surface area contributed by atoms with Crippen LogP contribution in [-0.4, -0.2) is 18.5 Å². The average molecular weight is 329 g/mol. The zero-order valence-corrected chi connectivity index (χ0v) is 14.7. The van der Waals surface area contributed by atoms with Crippen LogP contribution >= 0.6 is 0 Å². The maximum atomic E-state index is 12.7. The standard InChI is InChI=1S/C19H23NO4/c1-10(2)6-13-17(19(13,4)5)18(22)20-14-8-16-15(23-9-24-16)7-12(14)11(3)21/h6-8,13,17H,9H2,1-5H3,(H,20,22). The van der Waals surface area contributed by atoms with E-state index in [2.05, 4.69) is 25.2 Å². The molecule has 5 heteroatoms. The molecule has 1 aromatic carbocycles. The van der Waals surface area contributed by atoms with Gasteiger partial charge in [-0.15, -0.1) is 0 Å². The summed E-state index contributed by atoms with van der Waals surface area (Å²) in [5.41, 5.74) is 2.05. The third-order valence-corrected chi connectivity index (χ3v) is 4.86. The van der Waals surface area contributed by atoms with Crippen molar-refractivity contribution in [2.45, 2.75) is 34.6 Å². The summed E-state index contributed by atoms with van der Waals surface area (Å²) in [6.45, 7) is 9.85. The number of anilines is 1. The molecule has 1 aromatic rings. The third-order valence-electron chi connectivity index (χ3n) is 4.86. The number of fused-ring (bicyclic) bond motifs is 1. The second-order valence-corrected chi connectivity index (χ2v) is 7.37. The minimum Gasteiger partial charge on any atom is -0.454 e. The van der Waals surface area contributed by atoms with Crippen LogP contribution in [0.4, 0.5) is 5.69 Å². The van der Waals surface area contributed by atoms with Crippen LogP contribution in [0.25, 0.3) is 0 Å². The Labute approximate surface area is 142 Å². The Morgan fingerprint density at radius 2 is 1.79 bits per heavy atom. The topological polar surface area (TPSA) is 64.6 Å². The lowest BCUT2D eigenvalue weighted by Crippen LogP contribution is -2.18. The fraction of sp³-hybridized carbons (Fsp3) is 0.474. The first kappa shape index (κ1) is 16.6. The van der Waals surface area contributed by atoms with Crippen LogP contribution in [0.1, 0.15) is 45.0 Å². The second-order valence-electron chi connectivity index (χ2n) is 7.37. The van der Waals surface area contributed by atoms with E-state index < -0.39 is 0 Å². The van der Waals surface area contributed by atoms with Crippen LogP contribution in [0.3, 0.4) is 0 Å². The van der Waals surface area contributed by atoms with Crippen molar-refractivity contribution in [3.8, 4) is 11.5 Å². The molecule has 2 unspecified atom stereocenters. The fourth-order valence-corrected chi connectivity index (χ4v) is 3.40. The zero-order chi connectivity index (χ0) is 17.6. The molecular formula is C19H23NO4. The molecule has 0 bridgehead atoms. The molecule has 0 spiro atoms. The van der Waals surface area contributed by atoms with Gasteiger partial charge in [0.2, 0.25) is 12.7 Å². The van der Waals surface area contributed by atoms with Crippen molar-refractivity contribution in [3.05, 3.63) is 29.3 Å². The Hall–Kier alpha value is -2.30.